The van der Waals surface area contributed by atoms with Crippen molar-refractivity contribution in [2.75, 3.05) is 0 Å². The lowest BCUT2D eigenvalue weighted by Crippen LogP contribution is -1.84. The minimum absolute atomic E-state index is 0.521. The molecular formula is C9H6Cl2N2S. The molecule has 1 aromatic heterocycles. The monoisotopic (exact) mass is 244 g/mol. The van der Waals surface area contributed by atoms with E-state index < -0.39 is 0 Å². The van der Waals surface area contributed by atoms with Gasteiger partial charge in [0.15, 0.2) is 0 Å². The molecule has 0 aliphatic carbocycles. The quantitative estimate of drug-likeness (QED) is 0.737. The number of aromatic amines is 1. The molecular weight excluding hydrogens is 239 g/mol. The summed E-state index contributed by atoms with van der Waals surface area (Å²) in [7, 11) is 0. The standard InChI is InChI=1S/C9H6Cl2N2S/c10-5-3-6(8(14)7(11)4-5)9-12-1-2-13-9/h1-4,14H,(H,12,13). The van der Waals surface area contributed by atoms with Gasteiger partial charge in [-0.15, -0.1) is 12.6 Å². The average molecular weight is 245 g/mol. The van der Waals surface area contributed by atoms with Crippen molar-refractivity contribution >= 4 is 35.8 Å². The second kappa shape index (κ2) is 3.85. The van der Waals surface area contributed by atoms with Crippen LogP contribution in [0.4, 0.5) is 0 Å². The molecule has 0 fully saturated rings. The number of aromatic nitrogens is 2. The van der Waals surface area contributed by atoms with Gasteiger partial charge in [0.05, 0.1) is 5.02 Å². The van der Waals surface area contributed by atoms with Crippen molar-refractivity contribution in [3.63, 3.8) is 0 Å². The number of hydrogen-bond acceptors (Lipinski definition) is 2. The van der Waals surface area contributed by atoms with Crippen LogP contribution in [0.25, 0.3) is 11.4 Å². The lowest BCUT2D eigenvalue weighted by Gasteiger charge is -2.04. The summed E-state index contributed by atoms with van der Waals surface area (Å²) in [5.41, 5.74) is 0.802. The smallest absolute Gasteiger partial charge is 0.138 e. The molecule has 2 aromatic rings. The third-order valence-corrected chi connectivity index (χ3v) is 2.91. The van der Waals surface area contributed by atoms with Crippen LogP contribution in [0.15, 0.2) is 29.4 Å². The van der Waals surface area contributed by atoms with E-state index in [0.717, 1.165) is 5.56 Å². The van der Waals surface area contributed by atoms with E-state index in [1.54, 1.807) is 24.5 Å². The summed E-state index contributed by atoms with van der Waals surface area (Å²) in [6.45, 7) is 0. The highest BCUT2D eigenvalue weighted by Crippen LogP contribution is 2.33. The van der Waals surface area contributed by atoms with Crippen LogP contribution < -0.4 is 0 Å². The van der Waals surface area contributed by atoms with E-state index in [2.05, 4.69) is 22.6 Å². The predicted molar refractivity (Wildman–Crippen MR) is 61.3 cm³/mol. The van der Waals surface area contributed by atoms with Crippen molar-refractivity contribution in [2.24, 2.45) is 0 Å². The summed E-state index contributed by atoms with van der Waals surface area (Å²) < 4.78 is 0. The molecule has 0 amide bonds. The molecule has 5 heteroatoms. The average Bonchev–Trinajstić information content (AvgIpc) is 2.63. The van der Waals surface area contributed by atoms with Gasteiger partial charge in [0.2, 0.25) is 0 Å². The maximum Gasteiger partial charge on any atom is 0.138 e. The summed E-state index contributed by atoms with van der Waals surface area (Å²) in [6, 6.07) is 3.42. The third-order valence-electron chi connectivity index (χ3n) is 1.78. The highest BCUT2D eigenvalue weighted by molar-refractivity contribution is 7.80. The second-order valence-electron chi connectivity index (χ2n) is 2.72. The first-order chi connectivity index (χ1) is 6.68. The zero-order valence-electron chi connectivity index (χ0n) is 6.96. The van der Waals surface area contributed by atoms with Crippen LogP contribution in [-0.2, 0) is 0 Å². The topological polar surface area (TPSA) is 28.7 Å². The van der Waals surface area contributed by atoms with Crippen LogP contribution in [0.3, 0.4) is 0 Å². The Morgan fingerprint density at radius 2 is 2.07 bits per heavy atom. The Morgan fingerprint density at radius 3 is 2.71 bits per heavy atom. The van der Waals surface area contributed by atoms with Gasteiger partial charge in [-0.05, 0) is 12.1 Å². The SMILES string of the molecule is Sc1c(Cl)cc(Cl)cc1-c1ncc[nH]1. The van der Waals surface area contributed by atoms with Crippen molar-refractivity contribution < 1.29 is 0 Å². The molecule has 0 saturated heterocycles. The number of imidazole rings is 1. The van der Waals surface area contributed by atoms with Gasteiger partial charge in [-0.1, -0.05) is 23.2 Å². The number of benzene rings is 1. The van der Waals surface area contributed by atoms with Gasteiger partial charge < -0.3 is 4.98 Å². The van der Waals surface area contributed by atoms with Gasteiger partial charge in [0.25, 0.3) is 0 Å². The van der Waals surface area contributed by atoms with Crippen LogP contribution in [0, 0.1) is 0 Å². The summed E-state index contributed by atoms with van der Waals surface area (Å²) in [6.07, 6.45) is 3.40. The Balaban J connectivity index is 2.64. The van der Waals surface area contributed by atoms with Gasteiger partial charge in [0.1, 0.15) is 5.82 Å². The van der Waals surface area contributed by atoms with E-state index in [1.807, 2.05) is 0 Å². The fourth-order valence-corrected chi connectivity index (χ4v) is 1.89. The minimum atomic E-state index is 0.521. The Kier molecular flexibility index (Phi) is 2.72. The molecule has 0 aliphatic heterocycles. The van der Waals surface area contributed by atoms with E-state index in [9.17, 15) is 0 Å². The number of halogens is 2. The van der Waals surface area contributed by atoms with E-state index in [0.29, 0.717) is 20.8 Å². The van der Waals surface area contributed by atoms with E-state index in [-0.39, 0.29) is 0 Å². The molecule has 1 N–H and O–H groups in total. The molecule has 1 aromatic carbocycles. The van der Waals surface area contributed by atoms with E-state index in [1.165, 1.54) is 0 Å². The summed E-state index contributed by atoms with van der Waals surface area (Å²) >= 11 is 16.1. The van der Waals surface area contributed by atoms with Crippen molar-refractivity contribution in [1.29, 1.82) is 0 Å². The van der Waals surface area contributed by atoms with Gasteiger partial charge in [-0.3, -0.25) is 0 Å². The first kappa shape index (κ1) is 9.90. The highest BCUT2D eigenvalue weighted by atomic mass is 35.5. The minimum Gasteiger partial charge on any atom is -0.345 e. The fraction of sp³-hybridized carbons (Fsp3) is 0. The molecule has 1 heterocycles. The van der Waals surface area contributed by atoms with Crippen molar-refractivity contribution in [3.05, 3.63) is 34.6 Å². The van der Waals surface area contributed by atoms with Crippen molar-refractivity contribution in [3.8, 4) is 11.4 Å². The number of thiol groups is 1. The van der Waals surface area contributed by atoms with E-state index >= 15 is 0 Å². The normalized spacial score (nSPS) is 10.5. The molecule has 0 saturated carbocycles. The van der Waals surface area contributed by atoms with Gasteiger partial charge in [-0.25, -0.2) is 4.98 Å². The molecule has 0 aliphatic rings. The van der Waals surface area contributed by atoms with Crippen LogP contribution in [-0.4, -0.2) is 9.97 Å². The molecule has 2 rings (SSSR count). The molecule has 0 unspecified atom stereocenters. The zero-order valence-corrected chi connectivity index (χ0v) is 9.37. The first-order valence-electron chi connectivity index (χ1n) is 3.86. The second-order valence-corrected chi connectivity index (χ2v) is 4.01. The molecule has 2 nitrogen and oxygen atoms in total. The van der Waals surface area contributed by atoms with Crippen molar-refractivity contribution in [2.45, 2.75) is 4.90 Å². The van der Waals surface area contributed by atoms with Gasteiger partial charge in [0, 0.05) is 27.9 Å². The van der Waals surface area contributed by atoms with Gasteiger partial charge in [-0.2, -0.15) is 0 Å². The molecule has 72 valence electrons. The Hall–Kier alpha value is -0.640. The fourth-order valence-electron chi connectivity index (χ4n) is 1.16. The van der Waals surface area contributed by atoms with E-state index in [4.69, 9.17) is 23.2 Å². The number of nitrogens with one attached hydrogen (secondary N) is 1. The largest absolute Gasteiger partial charge is 0.345 e. The Bertz CT molecular complexity index is 454. The Morgan fingerprint density at radius 1 is 1.29 bits per heavy atom. The first-order valence-corrected chi connectivity index (χ1v) is 5.06. The maximum absolute atomic E-state index is 5.93. The van der Waals surface area contributed by atoms with Crippen LogP contribution in [0.2, 0.25) is 10.0 Å². The lowest BCUT2D eigenvalue weighted by molar-refractivity contribution is 1.27. The van der Waals surface area contributed by atoms with Gasteiger partial charge >= 0.3 is 0 Å². The highest BCUT2D eigenvalue weighted by Gasteiger charge is 2.09. The zero-order chi connectivity index (χ0) is 10.1. The summed E-state index contributed by atoms with van der Waals surface area (Å²) in [4.78, 5) is 7.75. The molecule has 0 spiro atoms. The molecule has 0 atom stereocenters. The summed E-state index contributed by atoms with van der Waals surface area (Å²) in [5.74, 6) is 0.708. The van der Waals surface area contributed by atoms with Crippen LogP contribution >= 0.6 is 35.8 Å². The number of hydrogen-bond donors (Lipinski definition) is 2. The third kappa shape index (κ3) is 1.75. The number of rotatable bonds is 1. The van der Waals surface area contributed by atoms with Crippen LogP contribution in [0.1, 0.15) is 0 Å². The lowest BCUT2D eigenvalue weighted by atomic mass is 10.2. The molecule has 0 bridgehead atoms. The number of H-pyrrole nitrogens is 1. The van der Waals surface area contributed by atoms with Crippen molar-refractivity contribution in [1.82, 2.24) is 9.97 Å². The molecule has 0 radical (unpaired) electrons. The Labute approximate surface area is 96.7 Å². The van der Waals surface area contributed by atoms with Crippen LogP contribution in [0.5, 0.6) is 0 Å². The molecule has 14 heavy (non-hydrogen) atoms. The summed E-state index contributed by atoms with van der Waals surface area (Å²) in [5, 5.41) is 1.09. The predicted octanol–water partition coefficient (Wildman–Crippen LogP) is 3.67. The maximum atomic E-state index is 5.93. The number of nitrogens with zero attached hydrogens (tertiary/aromatic N) is 1.